The molecule has 0 unspecified atom stereocenters. The summed E-state index contributed by atoms with van der Waals surface area (Å²) in [4.78, 5) is 0. The topological polar surface area (TPSA) is 39.1 Å². The van der Waals surface area contributed by atoms with Crippen LogP contribution in [0, 0.1) is 6.92 Å². The second-order valence-corrected chi connectivity index (χ2v) is 4.82. The Labute approximate surface area is 120 Å². The van der Waals surface area contributed by atoms with Gasteiger partial charge >= 0.3 is 0 Å². The highest BCUT2D eigenvalue weighted by Crippen LogP contribution is 2.16. The number of aromatic nitrogens is 2. The van der Waals surface area contributed by atoms with Crippen LogP contribution >= 0.6 is 0 Å². The zero-order chi connectivity index (χ0) is 14.4. The summed E-state index contributed by atoms with van der Waals surface area (Å²) < 4.78 is 7.44. The van der Waals surface area contributed by atoms with Gasteiger partial charge in [-0.15, -0.1) is 0 Å². The first-order valence-electron chi connectivity index (χ1n) is 7.22. The fourth-order valence-electron chi connectivity index (χ4n) is 2.10. The van der Waals surface area contributed by atoms with E-state index < -0.39 is 0 Å². The molecular formula is C16H23N3O. The largest absolute Gasteiger partial charge is 0.494 e. The Hall–Kier alpha value is -1.97. The third-order valence-electron chi connectivity index (χ3n) is 3.12. The van der Waals surface area contributed by atoms with Gasteiger partial charge in [0.25, 0.3) is 0 Å². The Balaban J connectivity index is 1.94. The molecule has 0 spiro atoms. The number of benzene rings is 1. The van der Waals surface area contributed by atoms with E-state index in [4.69, 9.17) is 4.74 Å². The predicted molar refractivity (Wildman–Crippen MR) is 82.2 cm³/mol. The lowest BCUT2D eigenvalue weighted by atomic mass is 10.2. The SMILES string of the molecule is CCCn1cc(NCc2ccc(OCC)cc2)c(C)n1. The van der Waals surface area contributed by atoms with Crippen LogP contribution in [0.25, 0.3) is 0 Å². The van der Waals surface area contributed by atoms with E-state index in [2.05, 4.69) is 35.7 Å². The van der Waals surface area contributed by atoms with Crippen molar-refractivity contribution in [2.45, 2.75) is 40.3 Å². The zero-order valence-electron chi connectivity index (χ0n) is 12.5. The molecule has 4 nitrogen and oxygen atoms in total. The van der Waals surface area contributed by atoms with E-state index in [9.17, 15) is 0 Å². The molecule has 1 aromatic carbocycles. The van der Waals surface area contributed by atoms with Crippen LogP contribution in [0.3, 0.4) is 0 Å². The average molecular weight is 273 g/mol. The van der Waals surface area contributed by atoms with Gasteiger partial charge in [-0.25, -0.2) is 0 Å². The number of aryl methyl sites for hydroxylation is 2. The molecule has 1 aromatic heterocycles. The molecule has 1 heterocycles. The molecule has 0 radical (unpaired) electrons. The molecule has 0 bridgehead atoms. The molecule has 0 aliphatic carbocycles. The van der Waals surface area contributed by atoms with E-state index in [0.29, 0.717) is 6.61 Å². The first kappa shape index (κ1) is 14.4. The molecule has 108 valence electrons. The van der Waals surface area contributed by atoms with Crippen molar-refractivity contribution in [2.75, 3.05) is 11.9 Å². The Kier molecular flexibility index (Phi) is 5.04. The molecule has 2 rings (SSSR count). The molecule has 4 heteroatoms. The lowest BCUT2D eigenvalue weighted by Gasteiger charge is -2.07. The summed E-state index contributed by atoms with van der Waals surface area (Å²) in [5.41, 5.74) is 3.38. The van der Waals surface area contributed by atoms with Crippen molar-refractivity contribution in [1.82, 2.24) is 9.78 Å². The fourth-order valence-corrected chi connectivity index (χ4v) is 2.10. The van der Waals surface area contributed by atoms with Crippen LogP contribution in [-0.4, -0.2) is 16.4 Å². The Morgan fingerprint density at radius 1 is 1.20 bits per heavy atom. The summed E-state index contributed by atoms with van der Waals surface area (Å²) in [7, 11) is 0. The summed E-state index contributed by atoms with van der Waals surface area (Å²) in [6, 6.07) is 8.19. The van der Waals surface area contributed by atoms with Gasteiger partial charge < -0.3 is 10.1 Å². The van der Waals surface area contributed by atoms with Crippen LogP contribution in [0.5, 0.6) is 5.75 Å². The second kappa shape index (κ2) is 6.98. The molecule has 0 atom stereocenters. The summed E-state index contributed by atoms with van der Waals surface area (Å²) in [5.74, 6) is 0.920. The second-order valence-electron chi connectivity index (χ2n) is 4.82. The summed E-state index contributed by atoms with van der Waals surface area (Å²) in [6.45, 7) is 8.65. The van der Waals surface area contributed by atoms with Gasteiger partial charge in [0.15, 0.2) is 0 Å². The van der Waals surface area contributed by atoms with Crippen molar-refractivity contribution in [2.24, 2.45) is 0 Å². The van der Waals surface area contributed by atoms with Crippen molar-refractivity contribution in [3.8, 4) is 5.75 Å². The molecule has 0 saturated heterocycles. The molecule has 0 amide bonds. The normalized spacial score (nSPS) is 10.6. The Bertz CT molecular complexity index is 531. The fraction of sp³-hybridized carbons (Fsp3) is 0.438. The van der Waals surface area contributed by atoms with Crippen LogP contribution in [-0.2, 0) is 13.1 Å². The van der Waals surface area contributed by atoms with Crippen molar-refractivity contribution in [1.29, 1.82) is 0 Å². The highest BCUT2D eigenvalue weighted by Gasteiger charge is 2.04. The minimum Gasteiger partial charge on any atom is -0.494 e. The molecular weight excluding hydrogens is 250 g/mol. The molecule has 0 fully saturated rings. The lowest BCUT2D eigenvalue weighted by molar-refractivity contribution is 0.340. The number of nitrogens with one attached hydrogen (secondary N) is 1. The van der Waals surface area contributed by atoms with Crippen LogP contribution in [0.2, 0.25) is 0 Å². The molecule has 0 aliphatic rings. The Morgan fingerprint density at radius 3 is 2.60 bits per heavy atom. The van der Waals surface area contributed by atoms with Gasteiger partial charge in [0.1, 0.15) is 5.75 Å². The van der Waals surface area contributed by atoms with E-state index in [1.165, 1.54) is 5.56 Å². The van der Waals surface area contributed by atoms with Crippen molar-refractivity contribution in [3.63, 3.8) is 0 Å². The maximum Gasteiger partial charge on any atom is 0.119 e. The van der Waals surface area contributed by atoms with E-state index in [-0.39, 0.29) is 0 Å². The number of ether oxygens (including phenoxy) is 1. The first-order chi connectivity index (χ1) is 9.72. The number of anilines is 1. The summed E-state index contributed by atoms with van der Waals surface area (Å²) in [5, 5.41) is 7.92. The molecule has 2 aromatic rings. The van der Waals surface area contributed by atoms with Gasteiger partial charge in [-0.2, -0.15) is 5.10 Å². The highest BCUT2D eigenvalue weighted by molar-refractivity contribution is 5.46. The van der Waals surface area contributed by atoms with Crippen LogP contribution < -0.4 is 10.1 Å². The van der Waals surface area contributed by atoms with Crippen LogP contribution in [0.1, 0.15) is 31.5 Å². The lowest BCUT2D eigenvalue weighted by Crippen LogP contribution is -2.00. The van der Waals surface area contributed by atoms with E-state index in [1.54, 1.807) is 0 Å². The van der Waals surface area contributed by atoms with E-state index >= 15 is 0 Å². The van der Waals surface area contributed by atoms with Gasteiger partial charge in [0.05, 0.1) is 18.0 Å². The molecule has 20 heavy (non-hydrogen) atoms. The van der Waals surface area contributed by atoms with Crippen LogP contribution in [0.4, 0.5) is 5.69 Å². The highest BCUT2D eigenvalue weighted by atomic mass is 16.5. The number of hydrogen-bond acceptors (Lipinski definition) is 3. The molecule has 1 N–H and O–H groups in total. The standard InChI is InChI=1S/C16H23N3O/c1-4-10-19-12-16(13(3)18-19)17-11-14-6-8-15(9-7-14)20-5-2/h6-9,12,17H,4-5,10-11H2,1-3H3. The molecule has 0 saturated carbocycles. The van der Waals surface area contributed by atoms with Crippen molar-refractivity contribution < 1.29 is 4.74 Å². The maximum atomic E-state index is 5.44. The third kappa shape index (κ3) is 3.76. The monoisotopic (exact) mass is 273 g/mol. The van der Waals surface area contributed by atoms with Gasteiger partial charge in [-0.05, 0) is 38.0 Å². The number of nitrogens with zero attached hydrogens (tertiary/aromatic N) is 2. The quantitative estimate of drug-likeness (QED) is 0.837. The smallest absolute Gasteiger partial charge is 0.119 e. The van der Waals surface area contributed by atoms with Gasteiger partial charge in [-0.1, -0.05) is 19.1 Å². The van der Waals surface area contributed by atoms with Gasteiger partial charge in [0, 0.05) is 19.3 Å². The summed E-state index contributed by atoms with van der Waals surface area (Å²) in [6.07, 6.45) is 3.17. The molecule has 0 aliphatic heterocycles. The van der Waals surface area contributed by atoms with Crippen molar-refractivity contribution in [3.05, 3.63) is 41.7 Å². The predicted octanol–water partition coefficient (Wildman–Crippen LogP) is 3.61. The Morgan fingerprint density at radius 2 is 1.95 bits per heavy atom. The summed E-state index contributed by atoms with van der Waals surface area (Å²) >= 11 is 0. The number of rotatable bonds is 7. The average Bonchev–Trinajstić information content (AvgIpc) is 2.79. The van der Waals surface area contributed by atoms with Gasteiger partial charge in [0.2, 0.25) is 0 Å². The minimum atomic E-state index is 0.702. The number of hydrogen-bond donors (Lipinski definition) is 1. The van der Waals surface area contributed by atoms with E-state index in [1.807, 2.05) is 30.7 Å². The first-order valence-corrected chi connectivity index (χ1v) is 7.22. The van der Waals surface area contributed by atoms with E-state index in [0.717, 1.165) is 36.6 Å². The van der Waals surface area contributed by atoms with Crippen LogP contribution in [0.15, 0.2) is 30.5 Å². The maximum absolute atomic E-state index is 5.44. The minimum absolute atomic E-state index is 0.702. The van der Waals surface area contributed by atoms with Crippen molar-refractivity contribution >= 4 is 5.69 Å². The third-order valence-corrected chi connectivity index (χ3v) is 3.12. The van der Waals surface area contributed by atoms with Gasteiger partial charge in [-0.3, -0.25) is 4.68 Å². The zero-order valence-corrected chi connectivity index (χ0v) is 12.5.